The summed E-state index contributed by atoms with van der Waals surface area (Å²) in [5, 5.41) is 9.86. The van der Waals surface area contributed by atoms with Crippen LogP contribution in [0.3, 0.4) is 0 Å². The smallest absolute Gasteiger partial charge is 0.0355 e. The number of hydrogen-bond donors (Lipinski definition) is 0. The predicted molar refractivity (Wildman–Crippen MR) is 110 cm³/mol. The average molecular weight is 389 g/mol. The standard InChI is InChI=1S/C22H13BrS/c23-22-17-9-4-2-7-15(17)12-18-19(22)13-14-6-1-3-8-16(14)21(18)20-10-5-11-24-20/h1-13H. The van der Waals surface area contributed by atoms with Crippen molar-refractivity contribution in [3.63, 3.8) is 0 Å². The molecule has 0 aliphatic rings. The molecule has 0 saturated heterocycles. The Hall–Kier alpha value is -2.16. The molecule has 0 atom stereocenters. The van der Waals surface area contributed by atoms with Crippen LogP contribution in [-0.2, 0) is 0 Å². The Labute approximate surface area is 152 Å². The summed E-state index contributed by atoms with van der Waals surface area (Å²) in [6, 6.07) is 26.2. The molecule has 0 amide bonds. The minimum atomic E-state index is 1.18. The Morgan fingerprint density at radius 2 is 1.29 bits per heavy atom. The summed E-state index contributed by atoms with van der Waals surface area (Å²) < 4.78 is 1.18. The minimum absolute atomic E-state index is 1.18. The van der Waals surface area contributed by atoms with E-state index in [0.717, 1.165) is 0 Å². The van der Waals surface area contributed by atoms with Crippen molar-refractivity contribution in [3.05, 3.63) is 82.6 Å². The summed E-state index contributed by atoms with van der Waals surface area (Å²) in [5.74, 6) is 0. The van der Waals surface area contributed by atoms with Gasteiger partial charge in [0.25, 0.3) is 0 Å². The van der Waals surface area contributed by atoms with Gasteiger partial charge in [0, 0.05) is 14.9 Å². The molecule has 0 spiro atoms. The highest BCUT2D eigenvalue weighted by Crippen LogP contribution is 2.43. The first-order chi connectivity index (χ1) is 11.8. The highest BCUT2D eigenvalue weighted by atomic mass is 79.9. The van der Waals surface area contributed by atoms with Gasteiger partial charge in [-0.3, -0.25) is 0 Å². The number of halogens is 1. The van der Waals surface area contributed by atoms with Crippen molar-refractivity contribution < 1.29 is 0 Å². The monoisotopic (exact) mass is 388 g/mol. The van der Waals surface area contributed by atoms with Crippen molar-refractivity contribution in [3.8, 4) is 10.4 Å². The fourth-order valence-electron chi connectivity index (χ4n) is 3.50. The van der Waals surface area contributed by atoms with E-state index in [1.807, 2.05) is 0 Å². The van der Waals surface area contributed by atoms with Crippen LogP contribution in [0.5, 0.6) is 0 Å². The zero-order valence-electron chi connectivity index (χ0n) is 12.8. The Morgan fingerprint density at radius 3 is 2.04 bits per heavy atom. The van der Waals surface area contributed by atoms with Gasteiger partial charge in [-0.25, -0.2) is 0 Å². The van der Waals surface area contributed by atoms with Crippen molar-refractivity contribution in [2.45, 2.75) is 0 Å². The molecular weight excluding hydrogens is 376 g/mol. The quantitative estimate of drug-likeness (QED) is 0.259. The van der Waals surface area contributed by atoms with E-state index in [0.29, 0.717) is 0 Å². The summed E-state index contributed by atoms with van der Waals surface area (Å²) in [6.07, 6.45) is 0. The van der Waals surface area contributed by atoms with E-state index >= 15 is 0 Å². The molecule has 0 radical (unpaired) electrons. The largest absolute Gasteiger partial charge is 0.144 e. The van der Waals surface area contributed by atoms with Crippen molar-refractivity contribution in [2.24, 2.45) is 0 Å². The van der Waals surface area contributed by atoms with Gasteiger partial charge in [-0.05, 0) is 71.8 Å². The van der Waals surface area contributed by atoms with Gasteiger partial charge in [0.05, 0.1) is 0 Å². The zero-order valence-corrected chi connectivity index (χ0v) is 15.2. The molecule has 0 nitrogen and oxygen atoms in total. The molecule has 114 valence electrons. The lowest BCUT2D eigenvalue weighted by molar-refractivity contribution is 1.74. The van der Waals surface area contributed by atoms with Crippen LogP contribution in [-0.4, -0.2) is 0 Å². The van der Waals surface area contributed by atoms with Gasteiger partial charge in [0.2, 0.25) is 0 Å². The normalized spacial score (nSPS) is 11.5. The van der Waals surface area contributed by atoms with E-state index in [9.17, 15) is 0 Å². The SMILES string of the molecule is Brc1c2ccccc2cc2c(-c3cccs3)c3ccccc3cc12. The molecule has 5 aromatic rings. The summed E-state index contributed by atoms with van der Waals surface area (Å²) in [5.41, 5.74) is 1.34. The zero-order chi connectivity index (χ0) is 16.1. The van der Waals surface area contributed by atoms with Gasteiger partial charge in [-0.1, -0.05) is 54.6 Å². The summed E-state index contributed by atoms with van der Waals surface area (Å²) in [4.78, 5) is 1.32. The first-order valence-electron chi connectivity index (χ1n) is 7.89. The molecule has 2 heteroatoms. The summed E-state index contributed by atoms with van der Waals surface area (Å²) >= 11 is 5.67. The minimum Gasteiger partial charge on any atom is -0.144 e. The maximum Gasteiger partial charge on any atom is 0.0355 e. The molecule has 0 N–H and O–H groups in total. The molecule has 0 saturated carbocycles. The van der Waals surface area contributed by atoms with E-state index in [-0.39, 0.29) is 0 Å². The lowest BCUT2D eigenvalue weighted by Gasteiger charge is -2.13. The van der Waals surface area contributed by atoms with Crippen LogP contribution >= 0.6 is 27.3 Å². The first kappa shape index (κ1) is 14.2. The molecule has 1 aromatic heterocycles. The van der Waals surface area contributed by atoms with E-state index in [4.69, 9.17) is 0 Å². The third kappa shape index (κ3) is 2.03. The molecule has 5 rings (SSSR count). The van der Waals surface area contributed by atoms with Crippen LogP contribution in [0, 0.1) is 0 Å². The van der Waals surface area contributed by atoms with Crippen LogP contribution in [0.2, 0.25) is 0 Å². The van der Waals surface area contributed by atoms with Crippen LogP contribution < -0.4 is 0 Å². The molecule has 24 heavy (non-hydrogen) atoms. The fourth-order valence-corrected chi connectivity index (χ4v) is 4.99. The van der Waals surface area contributed by atoms with Crippen LogP contribution in [0.4, 0.5) is 0 Å². The summed E-state index contributed by atoms with van der Waals surface area (Å²) in [6.45, 7) is 0. The van der Waals surface area contributed by atoms with Crippen LogP contribution in [0.15, 0.2) is 82.6 Å². The van der Waals surface area contributed by atoms with Crippen molar-refractivity contribution in [1.82, 2.24) is 0 Å². The summed E-state index contributed by atoms with van der Waals surface area (Å²) in [7, 11) is 0. The van der Waals surface area contributed by atoms with Gasteiger partial charge in [0.15, 0.2) is 0 Å². The van der Waals surface area contributed by atoms with Crippen molar-refractivity contribution >= 4 is 59.6 Å². The van der Waals surface area contributed by atoms with Gasteiger partial charge < -0.3 is 0 Å². The van der Waals surface area contributed by atoms with Crippen molar-refractivity contribution in [2.75, 3.05) is 0 Å². The van der Waals surface area contributed by atoms with Crippen LogP contribution in [0.25, 0.3) is 42.8 Å². The molecule has 4 aromatic carbocycles. The van der Waals surface area contributed by atoms with E-state index in [2.05, 4.69) is 94.1 Å². The molecule has 0 bridgehead atoms. The second-order valence-electron chi connectivity index (χ2n) is 5.96. The Kier molecular flexibility index (Phi) is 3.22. The third-order valence-electron chi connectivity index (χ3n) is 4.59. The number of thiophene rings is 1. The predicted octanol–water partition coefficient (Wildman–Crippen LogP) is 7.64. The van der Waals surface area contributed by atoms with Gasteiger partial charge in [-0.2, -0.15) is 0 Å². The van der Waals surface area contributed by atoms with E-state index < -0.39 is 0 Å². The Balaban J connectivity index is 2.08. The van der Waals surface area contributed by atoms with Gasteiger partial charge >= 0.3 is 0 Å². The Bertz CT molecular complexity index is 1200. The van der Waals surface area contributed by atoms with E-state index in [1.54, 1.807) is 11.3 Å². The number of rotatable bonds is 1. The number of fused-ring (bicyclic) bond motifs is 3. The first-order valence-corrected chi connectivity index (χ1v) is 9.57. The van der Waals surface area contributed by atoms with Crippen molar-refractivity contribution in [1.29, 1.82) is 0 Å². The van der Waals surface area contributed by atoms with E-state index in [1.165, 1.54) is 47.2 Å². The maximum atomic E-state index is 3.87. The fraction of sp³-hybridized carbons (Fsp3) is 0. The highest BCUT2D eigenvalue weighted by Gasteiger charge is 2.14. The Morgan fingerprint density at radius 1 is 0.625 bits per heavy atom. The second-order valence-corrected chi connectivity index (χ2v) is 7.70. The molecule has 0 aliphatic carbocycles. The molecule has 0 fully saturated rings. The molecule has 0 unspecified atom stereocenters. The maximum absolute atomic E-state index is 3.87. The highest BCUT2D eigenvalue weighted by molar-refractivity contribution is 9.10. The lowest BCUT2D eigenvalue weighted by Crippen LogP contribution is -1.86. The topological polar surface area (TPSA) is 0 Å². The van der Waals surface area contributed by atoms with Gasteiger partial charge in [0.1, 0.15) is 0 Å². The average Bonchev–Trinajstić information content (AvgIpc) is 3.15. The number of hydrogen-bond acceptors (Lipinski definition) is 1. The molecule has 0 aliphatic heterocycles. The molecular formula is C22H13BrS. The third-order valence-corrected chi connectivity index (χ3v) is 6.33. The number of benzene rings is 4. The lowest BCUT2D eigenvalue weighted by atomic mass is 9.93. The van der Waals surface area contributed by atoms with Gasteiger partial charge in [-0.15, -0.1) is 11.3 Å². The van der Waals surface area contributed by atoms with Crippen LogP contribution in [0.1, 0.15) is 0 Å². The second kappa shape index (κ2) is 5.44. The molecule has 1 heterocycles.